The van der Waals surface area contributed by atoms with Gasteiger partial charge in [-0.2, -0.15) is 0 Å². The largest absolute Gasteiger partial charge is 0.480 e. The predicted molar refractivity (Wildman–Crippen MR) is 128 cm³/mol. The summed E-state index contributed by atoms with van der Waals surface area (Å²) in [5.74, 6) is -1.65. The summed E-state index contributed by atoms with van der Waals surface area (Å²) < 4.78 is 5.53. The molecule has 178 valence electrons. The highest BCUT2D eigenvalue weighted by atomic mass is 16.5. The summed E-state index contributed by atoms with van der Waals surface area (Å²) >= 11 is 0. The van der Waals surface area contributed by atoms with E-state index in [-0.39, 0.29) is 36.7 Å². The number of allylic oxidation sites excluding steroid dienone is 1. The first kappa shape index (κ1) is 23.5. The number of carboxylic acids is 1. The Morgan fingerprint density at radius 3 is 2.26 bits per heavy atom. The number of alkyl carbamates (subject to hydrolysis) is 1. The first-order valence-corrected chi connectivity index (χ1v) is 11.6. The number of aliphatic carboxylic acids is 1. The summed E-state index contributed by atoms with van der Waals surface area (Å²) in [6, 6.07) is 15.4. The van der Waals surface area contributed by atoms with Gasteiger partial charge in [-0.25, -0.2) is 9.59 Å². The summed E-state index contributed by atoms with van der Waals surface area (Å²) in [5, 5.41) is 14.7. The molecule has 7 nitrogen and oxygen atoms in total. The molecule has 2 aromatic rings. The van der Waals surface area contributed by atoms with E-state index in [2.05, 4.69) is 34.9 Å². The molecular formula is C27H30N2O5. The second-order valence-electron chi connectivity index (χ2n) is 9.23. The van der Waals surface area contributed by atoms with Gasteiger partial charge in [0.15, 0.2) is 0 Å². The Morgan fingerprint density at radius 2 is 1.68 bits per heavy atom. The smallest absolute Gasteiger partial charge is 0.407 e. The van der Waals surface area contributed by atoms with Gasteiger partial charge < -0.3 is 20.5 Å². The van der Waals surface area contributed by atoms with E-state index >= 15 is 0 Å². The Bertz CT molecular complexity index is 1080. The number of fused-ring (bicyclic) bond motifs is 3. The van der Waals surface area contributed by atoms with Crippen LogP contribution in [-0.2, 0) is 14.3 Å². The van der Waals surface area contributed by atoms with Crippen LogP contribution in [0.25, 0.3) is 11.1 Å². The number of benzene rings is 2. The standard InChI is InChI=1S/C27H30N2O5/c1-16(2)11-12-24(26(31)32)29-25(30)22-13-17(22)14-28-27(33)34-15-23-20-9-5-3-7-18(20)19-8-4-6-10-21(19)23/h3-11,17,22-24H,12-15H2,1-2H3,(H,28,33)(H,29,30)(H,31,32). The topological polar surface area (TPSA) is 105 Å². The molecule has 2 aromatic carbocycles. The molecule has 0 heterocycles. The van der Waals surface area contributed by atoms with E-state index in [4.69, 9.17) is 4.74 Å². The van der Waals surface area contributed by atoms with Crippen molar-refractivity contribution in [1.29, 1.82) is 0 Å². The van der Waals surface area contributed by atoms with Crippen LogP contribution in [0.15, 0.2) is 60.2 Å². The highest BCUT2D eigenvalue weighted by molar-refractivity contribution is 5.87. The Labute approximate surface area is 199 Å². The number of amides is 2. The van der Waals surface area contributed by atoms with Crippen molar-refractivity contribution in [2.45, 2.75) is 38.6 Å². The molecule has 0 aliphatic heterocycles. The van der Waals surface area contributed by atoms with Crippen molar-refractivity contribution in [2.75, 3.05) is 13.2 Å². The predicted octanol–water partition coefficient (Wildman–Crippen LogP) is 4.09. The lowest BCUT2D eigenvalue weighted by molar-refractivity contribution is -0.141. The number of rotatable bonds is 9. The maximum atomic E-state index is 12.4. The molecule has 1 fully saturated rings. The quantitative estimate of drug-likeness (QED) is 0.487. The molecular weight excluding hydrogens is 432 g/mol. The summed E-state index contributed by atoms with van der Waals surface area (Å²) in [4.78, 5) is 36.1. The Morgan fingerprint density at radius 1 is 1.06 bits per heavy atom. The van der Waals surface area contributed by atoms with Gasteiger partial charge in [-0.15, -0.1) is 0 Å². The Hall–Kier alpha value is -3.61. The van der Waals surface area contributed by atoms with Crippen LogP contribution in [-0.4, -0.2) is 42.3 Å². The number of carbonyl (C=O) groups excluding carboxylic acids is 2. The third kappa shape index (κ3) is 5.30. The molecule has 34 heavy (non-hydrogen) atoms. The minimum atomic E-state index is -1.06. The molecule has 0 radical (unpaired) electrons. The van der Waals surface area contributed by atoms with Crippen molar-refractivity contribution in [3.8, 4) is 11.1 Å². The van der Waals surface area contributed by atoms with Crippen LogP contribution < -0.4 is 10.6 Å². The number of hydrogen-bond acceptors (Lipinski definition) is 4. The molecule has 7 heteroatoms. The van der Waals surface area contributed by atoms with Crippen LogP contribution in [0.1, 0.15) is 43.7 Å². The van der Waals surface area contributed by atoms with Gasteiger partial charge in [0.25, 0.3) is 0 Å². The molecule has 4 rings (SSSR count). The van der Waals surface area contributed by atoms with E-state index in [1.54, 1.807) is 6.08 Å². The molecule has 1 saturated carbocycles. The molecule has 2 aliphatic carbocycles. The lowest BCUT2D eigenvalue weighted by atomic mass is 9.98. The number of hydrogen-bond donors (Lipinski definition) is 3. The summed E-state index contributed by atoms with van der Waals surface area (Å²) in [6.45, 7) is 4.32. The zero-order chi connectivity index (χ0) is 24.2. The van der Waals surface area contributed by atoms with Gasteiger partial charge in [-0.1, -0.05) is 60.2 Å². The highest BCUT2D eigenvalue weighted by Crippen LogP contribution is 2.44. The lowest BCUT2D eigenvalue weighted by Gasteiger charge is -2.15. The van der Waals surface area contributed by atoms with Gasteiger partial charge in [-0.3, -0.25) is 4.79 Å². The Kier molecular flexibility index (Phi) is 7.01. The van der Waals surface area contributed by atoms with Crippen molar-refractivity contribution in [3.63, 3.8) is 0 Å². The average molecular weight is 463 g/mol. The van der Waals surface area contributed by atoms with E-state index < -0.39 is 18.1 Å². The van der Waals surface area contributed by atoms with Gasteiger partial charge in [0.1, 0.15) is 12.6 Å². The summed E-state index contributed by atoms with van der Waals surface area (Å²) in [5.41, 5.74) is 5.64. The van der Waals surface area contributed by atoms with Gasteiger partial charge in [0.05, 0.1) is 0 Å². The van der Waals surface area contributed by atoms with E-state index in [0.29, 0.717) is 13.0 Å². The van der Waals surface area contributed by atoms with Crippen molar-refractivity contribution >= 4 is 18.0 Å². The van der Waals surface area contributed by atoms with Crippen LogP contribution in [0.4, 0.5) is 4.79 Å². The maximum absolute atomic E-state index is 12.4. The lowest BCUT2D eigenvalue weighted by Crippen LogP contribution is -2.41. The SMILES string of the molecule is CC(C)=CCC(NC(=O)C1CC1CNC(=O)OCC1c2ccccc2-c2ccccc21)C(=O)O. The van der Waals surface area contributed by atoms with E-state index in [1.165, 1.54) is 11.1 Å². The highest BCUT2D eigenvalue weighted by Gasteiger charge is 2.44. The first-order chi connectivity index (χ1) is 16.3. The number of carboxylic acid groups (broad SMARTS) is 1. The van der Waals surface area contributed by atoms with Crippen LogP contribution in [0, 0.1) is 11.8 Å². The number of nitrogens with one attached hydrogen (secondary N) is 2. The summed E-state index contributed by atoms with van der Waals surface area (Å²) in [6.07, 6.45) is 2.14. The average Bonchev–Trinajstić information content (AvgIpc) is 3.54. The van der Waals surface area contributed by atoms with Crippen molar-refractivity contribution < 1.29 is 24.2 Å². The van der Waals surface area contributed by atoms with Crippen LogP contribution in [0.2, 0.25) is 0 Å². The third-order valence-corrected chi connectivity index (χ3v) is 6.49. The zero-order valence-corrected chi connectivity index (χ0v) is 19.4. The molecule has 0 aromatic heterocycles. The normalized spacial score (nSPS) is 18.8. The maximum Gasteiger partial charge on any atom is 0.407 e. The van der Waals surface area contributed by atoms with Crippen molar-refractivity contribution in [2.24, 2.45) is 11.8 Å². The van der Waals surface area contributed by atoms with Crippen LogP contribution in [0.3, 0.4) is 0 Å². The van der Waals surface area contributed by atoms with Crippen molar-refractivity contribution in [1.82, 2.24) is 10.6 Å². The molecule has 0 bridgehead atoms. The van der Waals surface area contributed by atoms with Gasteiger partial charge >= 0.3 is 12.1 Å². The summed E-state index contributed by atoms with van der Waals surface area (Å²) in [7, 11) is 0. The molecule has 3 unspecified atom stereocenters. The van der Waals surface area contributed by atoms with Gasteiger partial charge in [-0.05, 0) is 54.9 Å². The molecule has 3 atom stereocenters. The zero-order valence-electron chi connectivity index (χ0n) is 19.4. The fourth-order valence-electron chi connectivity index (χ4n) is 4.51. The molecule has 2 amide bonds. The molecule has 0 saturated heterocycles. The monoisotopic (exact) mass is 462 g/mol. The Balaban J connectivity index is 1.24. The minimum absolute atomic E-state index is 0.00800. The minimum Gasteiger partial charge on any atom is -0.480 e. The third-order valence-electron chi connectivity index (χ3n) is 6.49. The van der Waals surface area contributed by atoms with E-state index in [9.17, 15) is 19.5 Å². The second-order valence-corrected chi connectivity index (χ2v) is 9.23. The van der Waals surface area contributed by atoms with E-state index in [0.717, 1.165) is 16.7 Å². The molecule has 2 aliphatic rings. The fourth-order valence-corrected chi connectivity index (χ4v) is 4.51. The van der Waals surface area contributed by atoms with Crippen molar-refractivity contribution in [3.05, 3.63) is 71.3 Å². The molecule has 0 spiro atoms. The van der Waals surface area contributed by atoms with E-state index in [1.807, 2.05) is 38.1 Å². The van der Waals surface area contributed by atoms with Crippen LogP contribution >= 0.6 is 0 Å². The number of ether oxygens (including phenoxy) is 1. The number of carbonyl (C=O) groups is 3. The second kappa shape index (κ2) is 10.1. The molecule has 3 N–H and O–H groups in total. The van der Waals surface area contributed by atoms with Gasteiger partial charge in [0, 0.05) is 18.4 Å². The fraction of sp³-hybridized carbons (Fsp3) is 0.370. The van der Waals surface area contributed by atoms with Gasteiger partial charge in [0.2, 0.25) is 5.91 Å². The first-order valence-electron chi connectivity index (χ1n) is 11.6. The van der Waals surface area contributed by atoms with Crippen LogP contribution in [0.5, 0.6) is 0 Å².